The summed E-state index contributed by atoms with van der Waals surface area (Å²) in [6, 6.07) is 7.98. The molecule has 0 fully saturated rings. The van der Waals surface area contributed by atoms with Gasteiger partial charge in [-0.1, -0.05) is 36.9 Å². The number of hydrogen-bond donors (Lipinski definition) is 1. The van der Waals surface area contributed by atoms with Gasteiger partial charge in [-0.2, -0.15) is 0 Å². The Morgan fingerprint density at radius 2 is 2.06 bits per heavy atom. The minimum atomic E-state index is -0.243. The average Bonchev–Trinajstić information content (AvgIpc) is 2.35. The third-order valence-electron chi connectivity index (χ3n) is 2.32. The first-order valence-electron chi connectivity index (χ1n) is 5.23. The van der Waals surface area contributed by atoms with Gasteiger partial charge in [-0.05, 0) is 11.1 Å². The fraction of sp³-hybridized carbons (Fsp3) is 0.385. The van der Waals surface area contributed by atoms with E-state index in [0.717, 1.165) is 11.1 Å². The van der Waals surface area contributed by atoms with Crippen molar-refractivity contribution < 1.29 is 14.6 Å². The van der Waals surface area contributed by atoms with E-state index in [1.165, 1.54) is 0 Å². The molecular weight excluding hydrogens is 204 g/mol. The summed E-state index contributed by atoms with van der Waals surface area (Å²) in [5, 5.41) is 8.88. The van der Waals surface area contributed by atoms with Gasteiger partial charge in [0.1, 0.15) is 6.10 Å². The summed E-state index contributed by atoms with van der Waals surface area (Å²) in [7, 11) is 1.56. The van der Waals surface area contributed by atoms with E-state index in [0.29, 0.717) is 13.2 Å². The van der Waals surface area contributed by atoms with Gasteiger partial charge in [0, 0.05) is 7.11 Å². The Hall–Kier alpha value is -1.16. The maximum absolute atomic E-state index is 8.88. The molecule has 0 amide bonds. The van der Waals surface area contributed by atoms with Crippen molar-refractivity contribution in [3.05, 3.63) is 42.0 Å². The van der Waals surface area contributed by atoms with Gasteiger partial charge in [0.05, 0.1) is 19.8 Å². The number of ether oxygens (including phenoxy) is 2. The summed E-state index contributed by atoms with van der Waals surface area (Å²) in [5.74, 6) is 0. The molecule has 0 spiro atoms. The second-order valence-electron chi connectivity index (χ2n) is 3.50. The average molecular weight is 222 g/mol. The molecule has 3 heteroatoms. The lowest BCUT2D eigenvalue weighted by atomic mass is 10.1. The minimum absolute atomic E-state index is 0.0219. The molecular formula is C13H18O3. The van der Waals surface area contributed by atoms with Crippen LogP contribution in [-0.4, -0.2) is 31.5 Å². The zero-order valence-corrected chi connectivity index (χ0v) is 9.56. The molecule has 0 bridgehead atoms. The van der Waals surface area contributed by atoms with Gasteiger partial charge in [0.25, 0.3) is 0 Å². The van der Waals surface area contributed by atoms with E-state index in [9.17, 15) is 0 Å². The molecule has 1 rings (SSSR count). The standard InChI is InChI=1S/C13H18O3/c1-3-11-4-6-12(7-5-11)9-16-10-13(8-14)15-2/h3-7,13-14H,1,8-10H2,2H3. The van der Waals surface area contributed by atoms with Gasteiger partial charge in [-0.25, -0.2) is 0 Å². The van der Waals surface area contributed by atoms with Gasteiger partial charge < -0.3 is 14.6 Å². The first kappa shape index (κ1) is 12.9. The highest BCUT2D eigenvalue weighted by Gasteiger charge is 2.04. The van der Waals surface area contributed by atoms with Crippen molar-refractivity contribution in [2.75, 3.05) is 20.3 Å². The van der Waals surface area contributed by atoms with E-state index in [1.807, 2.05) is 24.3 Å². The molecule has 1 aromatic carbocycles. The highest BCUT2D eigenvalue weighted by Crippen LogP contribution is 2.07. The Morgan fingerprint density at radius 1 is 1.38 bits per heavy atom. The number of rotatable bonds is 7. The Labute approximate surface area is 96.3 Å². The molecule has 3 nitrogen and oxygen atoms in total. The lowest BCUT2D eigenvalue weighted by Gasteiger charge is -2.12. The third kappa shape index (κ3) is 4.14. The lowest BCUT2D eigenvalue weighted by Crippen LogP contribution is -2.22. The van der Waals surface area contributed by atoms with Crippen LogP contribution in [0.3, 0.4) is 0 Å². The summed E-state index contributed by atoms with van der Waals surface area (Å²) in [6.07, 6.45) is 1.56. The number of benzene rings is 1. The van der Waals surface area contributed by atoms with Crippen LogP contribution >= 0.6 is 0 Å². The molecule has 0 aliphatic heterocycles. The summed E-state index contributed by atoms with van der Waals surface area (Å²) in [5.41, 5.74) is 2.19. The zero-order chi connectivity index (χ0) is 11.8. The molecule has 0 heterocycles. The third-order valence-corrected chi connectivity index (χ3v) is 2.32. The number of aliphatic hydroxyl groups is 1. The van der Waals surface area contributed by atoms with E-state index in [4.69, 9.17) is 14.6 Å². The monoisotopic (exact) mass is 222 g/mol. The van der Waals surface area contributed by atoms with Crippen molar-refractivity contribution in [2.24, 2.45) is 0 Å². The maximum Gasteiger partial charge on any atom is 0.103 e. The van der Waals surface area contributed by atoms with Crippen molar-refractivity contribution >= 4 is 6.08 Å². The van der Waals surface area contributed by atoms with Gasteiger partial charge in [0.15, 0.2) is 0 Å². The van der Waals surface area contributed by atoms with Crippen LogP contribution in [0.1, 0.15) is 11.1 Å². The first-order valence-corrected chi connectivity index (χ1v) is 5.23. The quantitative estimate of drug-likeness (QED) is 0.765. The topological polar surface area (TPSA) is 38.7 Å². The van der Waals surface area contributed by atoms with Crippen LogP contribution in [0.25, 0.3) is 6.08 Å². The molecule has 0 saturated carbocycles. The highest BCUT2D eigenvalue weighted by atomic mass is 16.5. The van der Waals surface area contributed by atoms with Crippen molar-refractivity contribution in [3.63, 3.8) is 0 Å². The summed E-state index contributed by atoms with van der Waals surface area (Å²) < 4.78 is 10.4. The largest absolute Gasteiger partial charge is 0.394 e. The van der Waals surface area contributed by atoms with Crippen molar-refractivity contribution in [1.29, 1.82) is 0 Å². The number of methoxy groups -OCH3 is 1. The zero-order valence-electron chi connectivity index (χ0n) is 9.56. The highest BCUT2D eigenvalue weighted by molar-refractivity contribution is 5.47. The van der Waals surface area contributed by atoms with Crippen LogP contribution in [0, 0.1) is 0 Å². The van der Waals surface area contributed by atoms with Crippen molar-refractivity contribution in [3.8, 4) is 0 Å². The van der Waals surface area contributed by atoms with Crippen LogP contribution in [-0.2, 0) is 16.1 Å². The van der Waals surface area contributed by atoms with Crippen LogP contribution in [0.4, 0.5) is 0 Å². The molecule has 16 heavy (non-hydrogen) atoms. The van der Waals surface area contributed by atoms with Gasteiger partial charge in [-0.15, -0.1) is 0 Å². The minimum Gasteiger partial charge on any atom is -0.394 e. The molecule has 88 valence electrons. The van der Waals surface area contributed by atoms with Gasteiger partial charge in [0.2, 0.25) is 0 Å². The van der Waals surface area contributed by atoms with Crippen LogP contribution in [0.15, 0.2) is 30.8 Å². The smallest absolute Gasteiger partial charge is 0.103 e. The Kier molecular flexibility index (Phi) is 5.78. The molecule has 0 aliphatic carbocycles. The second-order valence-corrected chi connectivity index (χ2v) is 3.50. The van der Waals surface area contributed by atoms with E-state index in [1.54, 1.807) is 13.2 Å². The Balaban J connectivity index is 2.34. The number of hydrogen-bond acceptors (Lipinski definition) is 3. The number of aliphatic hydroxyl groups excluding tert-OH is 1. The van der Waals surface area contributed by atoms with Crippen molar-refractivity contribution in [1.82, 2.24) is 0 Å². The van der Waals surface area contributed by atoms with Crippen LogP contribution in [0.2, 0.25) is 0 Å². The van der Waals surface area contributed by atoms with Gasteiger partial charge in [-0.3, -0.25) is 0 Å². The Morgan fingerprint density at radius 3 is 2.56 bits per heavy atom. The SMILES string of the molecule is C=Cc1ccc(COCC(CO)OC)cc1. The summed E-state index contributed by atoms with van der Waals surface area (Å²) in [6.45, 7) is 4.59. The molecule has 1 unspecified atom stereocenters. The summed E-state index contributed by atoms with van der Waals surface area (Å²) >= 11 is 0. The summed E-state index contributed by atoms with van der Waals surface area (Å²) in [4.78, 5) is 0. The molecule has 0 saturated heterocycles. The molecule has 0 radical (unpaired) electrons. The van der Waals surface area contributed by atoms with E-state index >= 15 is 0 Å². The normalized spacial score (nSPS) is 12.4. The van der Waals surface area contributed by atoms with E-state index in [-0.39, 0.29) is 12.7 Å². The maximum atomic E-state index is 8.88. The van der Waals surface area contributed by atoms with E-state index < -0.39 is 0 Å². The predicted molar refractivity (Wildman–Crippen MR) is 64.1 cm³/mol. The second kappa shape index (κ2) is 7.17. The van der Waals surface area contributed by atoms with Gasteiger partial charge >= 0.3 is 0 Å². The van der Waals surface area contributed by atoms with E-state index in [2.05, 4.69) is 6.58 Å². The fourth-order valence-corrected chi connectivity index (χ4v) is 1.25. The Bertz CT molecular complexity index is 301. The van der Waals surface area contributed by atoms with Crippen LogP contribution in [0.5, 0.6) is 0 Å². The molecule has 1 atom stereocenters. The molecule has 0 aliphatic rings. The molecule has 1 aromatic rings. The first-order chi connectivity index (χ1) is 7.80. The molecule has 1 N–H and O–H groups in total. The van der Waals surface area contributed by atoms with Crippen LogP contribution < -0.4 is 0 Å². The van der Waals surface area contributed by atoms with Crippen molar-refractivity contribution in [2.45, 2.75) is 12.7 Å². The fourth-order valence-electron chi connectivity index (χ4n) is 1.25. The predicted octanol–water partition coefficient (Wildman–Crippen LogP) is 1.85. The lowest BCUT2D eigenvalue weighted by molar-refractivity contribution is -0.0248. The molecule has 0 aromatic heterocycles.